The second kappa shape index (κ2) is 9.48. The molecular weight excluding hydrogens is 458 g/mol. The van der Waals surface area contributed by atoms with Crippen LogP contribution in [0.15, 0.2) is 41.3 Å². The van der Waals surface area contributed by atoms with Crippen LogP contribution >= 0.6 is 0 Å². The van der Waals surface area contributed by atoms with Gasteiger partial charge in [0.1, 0.15) is 6.33 Å². The summed E-state index contributed by atoms with van der Waals surface area (Å²) in [6.07, 6.45) is 7.10. The Morgan fingerprint density at radius 2 is 2.00 bits per heavy atom. The number of benzene rings is 1. The highest BCUT2D eigenvalue weighted by atomic mass is 16.5. The molecule has 1 unspecified atom stereocenters. The molecular formula is C25H29N9O2. The van der Waals surface area contributed by atoms with Crippen LogP contribution in [0.1, 0.15) is 73.7 Å². The van der Waals surface area contributed by atoms with Gasteiger partial charge in [-0.15, -0.1) is 0 Å². The number of nitrogens with zero attached hydrogens (tertiary/aromatic N) is 7. The Hall–Kier alpha value is -4.15. The first kappa shape index (κ1) is 23.6. The van der Waals surface area contributed by atoms with Crippen molar-refractivity contribution in [3.8, 4) is 11.4 Å². The van der Waals surface area contributed by atoms with Crippen LogP contribution in [0, 0.1) is 0 Å². The van der Waals surface area contributed by atoms with Gasteiger partial charge in [-0.05, 0) is 36.5 Å². The van der Waals surface area contributed by atoms with Crippen LogP contribution in [0.4, 0.5) is 11.8 Å². The van der Waals surface area contributed by atoms with Crippen LogP contribution in [-0.4, -0.2) is 40.8 Å². The minimum atomic E-state index is -0.359. The van der Waals surface area contributed by atoms with Crippen LogP contribution in [-0.2, 0) is 18.9 Å². The number of aromatic nitrogens is 7. The normalized spacial score (nSPS) is 15.7. The van der Waals surface area contributed by atoms with Crippen molar-refractivity contribution in [2.24, 2.45) is 7.05 Å². The minimum absolute atomic E-state index is 0.0135. The molecule has 11 heteroatoms. The van der Waals surface area contributed by atoms with E-state index in [1.54, 1.807) is 4.68 Å². The van der Waals surface area contributed by atoms with Gasteiger partial charge in [0.15, 0.2) is 17.5 Å². The Morgan fingerprint density at radius 3 is 2.75 bits per heavy atom. The number of carbonyl (C=O) groups excluding carboxylic acids is 1. The molecule has 186 valence electrons. The smallest absolute Gasteiger partial charge is 0.315 e. The third-order valence-corrected chi connectivity index (χ3v) is 6.09. The van der Waals surface area contributed by atoms with E-state index in [0.29, 0.717) is 23.4 Å². The number of anilines is 2. The predicted molar refractivity (Wildman–Crippen MR) is 133 cm³/mol. The van der Waals surface area contributed by atoms with Gasteiger partial charge in [0, 0.05) is 30.3 Å². The lowest BCUT2D eigenvalue weighted by molar-refractivity contribution is 0.0890. The number of carbonyl (C=O) groups is 1. The van der Waals surface area contributed by atoms with E-state index in [1.807, 2.05) is 52.2 Å². The largest absolute Gasteiger partial charge is 0.341 e. The lowest BCUT2D eigenvalue weighted by Gasteiger charge is -2.19. The van der Waals surface area contributed by atoms with E-state index in [0.717, 1.165) is 42.4 Å². The van der Waals surface area contributed by atoms with Gasteiger partial charge in [0.25, 0.3) is 0 Å². The molecule has 0 fully saturated rings. The van der Waals surface area contributed by atoms with Gasteiger partial charge in [-0.1, -0.05) is 44.5 Å². The zero-order valence-electron chi connectivity index (χ0n) is 20.8. The number of fused-ring (bicyclic) bond motifs is 1. The molecule has 0 radical (unpaired) electrons. The summed E-state index contributed by atoms with van der Waals surface area (Å²) < 4.78 is 6.94. The van der Waals surface area contributed by atoms with Crippen molar-refractivity contribution < 1.29 is 9.32 Å². The van der Waals surface area contributed by atoms with E-state index in [1.165, 1.54) is 6.33 Å². The van der Waals surface area contributed by atoms with Crippen molar-refractivity contribution in [2.75, 3.05) is 5.32 Å². The van der Waals surface area contributed by atoms with Gasteiger partial charge in [-0.25, -0.2) is 9.97 Å². The topological polar surface area (TPSA) is 137 Å². The zero-order valence-corrected chi connectivity index (χ0v) is 20.8. The summed E-state index contributed by atoms with van der Waals surface area (Å²) in [5.74, 6) is 1.78. The summed E-state index contributed by atoms with van der Waals surface area (Å²) >= 11 is 0. The first-order valence-electron chi connectivity index (χ1n) is 12.0. The lowest BCUT2D eigenvalue weighted by atomic mass is 9.96. The van der Waals surface area contributed by atoms with Crippen molar-refractivity contribution in [3.63, 3.8) is 0 Å². The van der Waals surface area contributed by atoms with Crippen LogP contribution in [0.25, 0.3) is 11.4 Å². The van der Waals surface area contributed by atoms with Gasteiger partial charge in [-0.3, -0.25) is 9.48 Å². The van der Waals surface area contributed by atoms with E-state index in [-0.39, 0.29) is 23.3 Å². The van der Waals surface area contributed by atoms with Crippen molar-refractivity contribution in [3.05, 3.63) is 59.6 Å². The maximum Gasteiger partial charge on any atom is 0.315 e. The molecule has 3 heterocycles. The molecule has 2 N–H and O–H groups in total. The summed E-state index contributed by atoms with van der Waals surface area (Å²) in [7, 11) is 1.85. The number of rotatable bonds is 5. The number of amides is 1. The maximum atomic E-state index is 12.9. The van der Waals surface area contributed by atoms with Gasteiger partial charge in [0.05, 0.1) is 6.04 Å². The average Bonchev–Trinajstić information content (AvgIpc) is 3.46. The molecule has 0 spiro atoms. The summed E-state index contributed by atoms with van der Waals surface area (Å²) in [4.78, 5) is 30.4. The third kappa shape index (κ3) is 5.09. The van der Waals surface area contributed by atoms with Crippen molar-refractivity contribution in [1.29, 1.82) is 0 Å². The van der Waals surface area contributed by atoms with E-state index in [9.17, 15) is 4.79 Å². The van der Waals surface area contributed by atoms with E-state index in [4.69, 9.17) is 4.52 Å². The Balaban J connectivity index is 1.36. The molecule has 11 nitrogen and oxygen atoms in total. The quantitative estimate of drug-likeness (QED) is 0.402. The Bertz CT molecular complexity index is 1390. The summed E-state index contributed by atoms with van der Waals surface area (Å²) in [5.41, 5.74) is 2.84. The van der Waals surface area contributed by atoms with E-state index in [2.05, 4.69) is 46.9 Å². The molecule has 1 amide bonds. The number of hydrogen-bond acceptors (Lipinski definition) is 9. The summed E-state index contributed by atoms with van der Waals surface area (Å²) in [6.45, 7) is 5.92. The zero-order chi connectivity index (χ0) is 25.3. The first-order chi connectivity index (χ1) is 17.3. The van der Waals surface area contributed by atoms with Crippen LogP contribution < -0.4 is 10.6 Å². The fraction of sp³-hybridized carbons (Fsp3) is 0.400. The highest BCUT2D eigenvalue weighted by molar-refractivity contribution is 5.89. The molecule has 4 aromatic rings. The number of hydrogen-bond donors (Lipinski definition) is 2. The van der Waals surface area contributed by atoms with Crippen LogP contribution in [0.5, 0.6) is 0 Å². The second-order valence-electron chi connectivity index (χ2n) is 9.99. The molecule has 1 aromatic carbocycles. The van der Waals surface area contributed by atoms with Gasteiger partial charge < -0.3 is 15.2 Å². The molecule has 0 saturated carbocycles. The van der Waals surface area contributed by atoms with Crippen LogP contribution in [0.3, 0.4) is 0 Å². The van der Waals surface area contributed by atoms with Crippen LogP contribution in [0.2, 0.25) is 0 Å². The van der Waals surface area contributed by atoms with E-state index < -0.39 is 0 Å². The average molecular weight is 488 g/mol. The molecule has 36 heavy (non-hydrogen) atoms. The van der Waals surface area contributed by atoms with Crippen molar-refractivity contribution in [2.45, 2.75) is 57.9 Å². The molecule has 1 atom stereocenters. The number of aryl methyl sites for hydroxylation is 2. The molecule has 1 aliphatic carbocycles. The Kier molecular flexibility index (Phi) is 6.21. The van der Waals surface area contributed by atoms with Crippen molar-refractivity contribution in [1.82, 2.24) is 40.2 Å². The monoisotopic (exact) mass is 487 g/mol. The van der Waals surface area contributed by atoms with Gasteiger partial charge in [0.2, 0.25) is 5.95 Å². The second-order valence-corrected chi connectivity index (χ2v) is 9.99. The third-order valence-electron chi connectivity index (χ3n) is 6.09. The molecule has 0 aliphatic heterocycles. The number of nitrogens with one attached hydrogen (secondary N) is 2. The Morgan fingerprint density at radius 1 is 1.14 bits per heavy atom. The molecule has 0 bridgehead atoms. The SMILES string of the molecule is Cn1ccc(Nc2ncnc(-c3ccc4c(c3)CCCCC4NC(=O)c3nc(C(C)(C)C)no3)n2)n1. The summed E-state index contributed by atoms with van der Waals surface area (Å²) in [5, 5.41) is 14.5. The molecule has 1 aliphatic rings. The van der Waals surface area contributed by atoms with Crippen molar-refractivity contribution >= 4 is 17.7 Å². The lowest BCUT2D eigenvalue weighted by Crippen LogP contribution is -2.29. The standard InChI is InChI=1S/C25H29N9O2/c1-25(2,3)23-31-22(36-33-23)21(35)28-18-8-6-5-7-15-13-16(9-10-17(15)18)20-26-14-27-24(30-20)29-19-11-12-34(4)32-19/h9-14,18H,5-8H2,1-4H3,(H,28,35)(H,26,27,29,30,32). The van der Waals surface area contributed by atoms with Gasteiger partial charge in [-0.2, -0.15) is 15.1 Å². The fourth-order valence-electron chi connectivity index (χ4n) is 4.20. The summed E-state index contributed by atoms with van der Waals surface area (Å²) in [6, 6.07) is 7.83. The molecule has 5 rings (SSSR count). The molecule has 3 aromatic heterocycles. The highest BCUT2D eigenvalue weighted by Crippen LogP contribution is 2.32. The Labute approximate surface area is 208 Å². The van der Waals surface area contributed by atoms with Gasteiger partial charge >= 0.3 is 11.8 Å². The van der Waals surface area contributed by atoms with E-state index >= 15 is 0 Å². The first-order valence-corrected chi connectivity index (χ1v) is 12.0. The fourth-order valence-corrected chi connectivity index (χ4v) is 4.20. The predicted octanol–water partition coefficient (Wildman–Crippen LogP) is 3.89. The maximum absolute atomic E-state index is 12.9. The highest BCUT2D eigenvalue weighted by Gasteiger charge is 2.27. The molecule has 0 saturated heterocycles. The minimum Gasteiger partial charge on any atom is -0.341 e.